The van der Waals surface area contributed by atoms with E-state index in [1.165, 1.54) is 12.1 Å². The van der Waals surface area contributed by atoms with Crippen LogP contribution in [0.1, 0.15) is 6.42 Å². The van der Waals surface area contributed by atoms with Crippen LogP contribution in [0.15, 0.2) is 27.6 Å². The number of nitrogens with one attached hydrogen (secondary N) is 1. The molecular formula is C10H11BrFNO4S2. The van der Waals surface area contributed by atoms with Crippen LogP contribution in [0.3, 0.4) is 0 Å². The maximum atomic E-state index is 13.3. The average molecular weight is 372 g/mol. The second-order valence-electron chi connectivity index (χ2n) is 4.30. The Bertz CT molecular complexity index is 702. The molecule has 0 bridgehead atoms. The fourth-order valence-corrected chi connectivity index (χ4v) is 5.13. The maximum Gasteiger partial charge on any atom is 0.240 e. The van der Waals surface area contributed by atoms with Crippen molar-refractivity contribution < 1.29 is 21.2 Å². The summed E-state index contributed by atoms with van der Waals surface area (Å²) in [5.74, 6) is -0.943. The average Bonchev–Trinajstić information content (AvgIpc) is 2.61. The molecule has 0 aromatic heterocycles. The zero-order chi connectivity index (χ0) is 14.3. The molecular weight excluding hydrogens is 361 g/mol. The normalized spacial score (nSPS) is 22.5. The maximum absolute atomic E-state index is 13.3. The van der Waals surface area contributed by atoms with Gasteiger partial charge in [0.25, 0.3) is 0 Å². The lowest BCUT2D eigenvalue weighted by atomic mass is 10.3. The van der Waals surface area contributed by atoms with E-state index in [-0.39, 0.29) is 27.3 Å². The summed E-state index contributed by atoms with van der Waals surface area (Å²) in [4.78, 5) is -0.225. The van der Waals surface area contributed by atoms with E-state index in [9.17, 15) is 21.2 Å². The van der Waals surface area contributed by atoms with Gasteiger partial charge in [0, 0.05) is 6.04 Å². The van der Waals surface area contributed by atoms with Crippen molar-refractivity contribution in [2.24, 2.45) is 0 Å². The monoisotopic (exact) mass is 371 g/mol. The zero-order valence-electron chi connectivity index (χ0n) is 9.64. The first-order valence-electron chi connectivity index (χ1n) is 5.37. The molecule has 0 radical (unpaired) electrons. The van der Waals surface area contributed by atoms with Gasteiger partial charge in [-0.2, -0.15) is 0 Å². The minimum atomic E-state index is -3.91. The van der Waals surface area contributed by atoms with Crippen molar-refractivity contribution >= 4 is 35.8 Å². The molecule has 0 spiro atoms. The SMILES string of the molecule is O=S1(=O)CCC(NS(=O)(=O)c2ccc(Br)c(F)c2)C1. The van der Waals surface area contributed by atoms with Gasteiger partial charge >= 0.3 is 0 Å². The van der Waals surface area contributed by atoms with Gasteiger partial charge in [-0.25, -0.2) is 25.9 Å². The molecule has 5 nitrogen and oxygen atoms in total. The number of hydrogen-bond donors (Lipinski definition) is 1. The molecule has 19 heavy (non-hydrogen) atoms. The summed E-state index contributed by atoms with van der Waals surface area (Å²) in [6, 6.07) is 2.77. The van der Waals surface area contributed by atoms with Crippen LogP contribution in [-0.4, -0.2) is 34.4 Å². The highest BCUT2D eigenvalue weighted by Crippen LogP contribution is 2.20. The van der Waals surface area contributed by atoms with Gasteiger partial charge in [-0.15, -0.1) is 0 Å². The molecule has 1 saturated heterocycles. The molecule has 0 saturated carbocycles. The van der Waals surface area contributed by atoms with Gasteiger partial charge in [-0.3, -0.25) is 0 Å². The Balaban J connectivity index is 2.21. The standard InChI is InChI=1S/C10H11BrFNO4S2/c11-9-2-1-8(5-10(9)12)19(16,17)13-7-3-4-18(14,15)6-7/h1-2,5,7,13H,3-4,6H2. The molecule has 2 rings (SSSR count). The van der Waals surface area contributed by atoms with Crippen molar-refractivity contribution in [3.63, 3.8) is 0 Å². The van der Waals surface area contributed by atoms with Crippen LogP contribution in [0.4, 0.5) is 4.39 Å². The van der Waals surface area contributed by atoms with Crippen molar-refractivity contribution in [2.75, 3.05) is 11.5 Å². The van der Waals surface area contributed by atoms with Gasteiger partial charge in [0.2, 0.25) is 10.0 Å². The molecule has 0 aliphatic carbocycles. The first-order valence-corrected chi connectivity index (χ1v) is 9.47. The van der Waals surface area contributed by atoms with Gasteiger partial charge < -0.3 is 0 Å². The van der Waals surface area contributed by atoms with Gasteiger partial charge in [-0.1, -0.05) is 0 Å². The van der Waals surface area contributed by atoms with Gasteiger partial charge in [0.05, 0.1) is 20.9 Å². The minimum absolute atomic E-state index is 0.0329. The first-order chi connectivity index (χ1) is 8.70. The van der Waals surface area contributed by atoms with Crippen LogP contribution in [0.2, 0.25) is 0 Å². The fraction of sp³-hybridized carbons (Fsp3) is 0.400. The number of sulfone groups is 1. The molecule has 1 heterocycles. The number of sulfonamides is 1. The summed E-state index contributed by atoms with van der Waals surface area (Å²) in [5, 5.41) is 0. The van der Waals surface area contributed by atoms with Crippen LogP contribution in [0.25, 0.3) is 0 Å². The van der Waals surface area contributed by atoms with E-state index in [1.54, 1.807) is 0 Å². The fourth-order valence-electron chi connectivity index (χ4n) is 1.82. The number of hydrogen-bond acceptors (Lipinski definition) is 4. The Morgan fingerprint density at radius 1 is 1.37 bits per heavy atom. The third kappa shape index (κ3) is 3.53. The van der Waals surface area contributed by atoms with Crippen LogP contribution >= 0.6 is 15.9 Å². The zero-order valence-corrected chi connectivity index (χ0v) is 12.9. The van der Waals surface area contributed by atoms with E-state index >= 15 is 0 Å². The second-order valence-corrected chi connectivity index (χ2v) is 9.09. The lowest BCUT2D eigenvalue weighted by molar-refractivity contribution is 0.559. The Hall–Kier alpha value is -0.510. The molecule has 1 atom stereocenters. The van der Waals surface area contributed by atoms with Crippen LogP contribution in [0, 0.1) is 5.82 Å². The van der Waals surface area contributed by atoms with E-state index in [0.29, 0.717) is 0 Å². The molecule has 1 aromatic rings. The molecule has 1 unspecified atom stereocenters. The number of rotatable bonds is 3. The lowest BCUT2D eigenvalue weighted by Gasteiger charge is -2.11. The van der Waals surface area contributed by atoms with E-state index in [4.69, 9.17) is 0 Å². The van der Waals surface area contributed by atoms with E-state index in [0.717, 1.165) is 6.07 Å². The summed E-state index contributed by atoms with van der Waals surface area (Å²) in [5.41, 5.74) is 0. The van der Waals surface area contributed by atoms with Gasteiger partial charge in [0.1, 0.15) is 5.82 Å². The predicted molar refractivity (Wildman–Crippen MR) is 71.5 cm³/mol. The lowest BCUT2D eigenvalue weighted by Crippen LogP contribution is -2.35. The smallest absolute Gasteiger partial charge is 0.229 e. The van der Waals surface area contributed by atoms with Gasteiger partial charge in [-0.05, 0) is 40.5 Å². The van der Waals surface area contributed by atoms with Crippen molar-refractivity contribution in [3.05, 3.63) is 28.5 Å². The van der Waals surface area contributed by atoms with E-state index < -0.39 is 31.7 Å². The van der Waals surface area contributed by atoms with Crippen molar-refractivity contribution in [1.82, 2.24) is 4.72 Å². The van der Waals surface area contributed by atoms with Gasteiger partial charge in [0.15, 0.2) is 9.84 Å². The first kappa shape index (κ1) is 14.9. The third-order valence-electron chi connectivity index (χ3n) is 2.76. The Morgan fingerprint density at radius 2 is 2.05 bits per heavy atom. The van der Waals surface area contributed by atoms with Crippen LogP contribution in [0.5, 0.6) is 0 Å². The second kappa shape index (κ2) is 5.12. The van der Waals surface area contributed by atoms with Crippen molar-refractivity contribution in [2.45, 2.75) is 17.4 Å². The summed E-state index contributed by atoms with van der Waals surface area (Å²) < 4.78 is 62.2. The highest BCUT2D eigenvalue weighted by molar-refractivity contribution is 9.10. The molecule has 1 fully saturated rings. The quantitative estimate of drug-likeness (QED) is 0.860. The summed E-state index contributed by atoms with van der Waals surface area (Å²) in [6.07, 6.45) is 0.237. The van der Waals surface area contributed by atoms with Crippen molar-refractivity contribution in [1.29, 1.82) is 0 Å². The van der Waals surface area contributed by atoms with Crippen LogP contribution < -0.4 is 4.72 Å². The van der Waals surface area contributed by atoms with Crippen molar-refractivity contribution in [3.8, 4) is 0 Å². The Labute approximate surface area is 119 Å². The predicted octanol–water partition coefficient (Wildman–Crippen LogP) is 1.05. The summed E-state index contributed by atoms with van der Waals surface area (Å²) in [6.45, 7) is 0. The minimum Gasteiger partial charge on any atom is -0.229 e. The third-order valence-corrected chi connectivity index (χ3v) is 6.68. The number of halogens is 2. The molecule has 1 N–H and O–H groups in total. The Kier molecular flexibility index (Phi) is 4.01. The topological polar surface area (TPSA) is 80.3 Å². The van der Waals surface area contributed by atoms with E-state index in [2.05, 4.69) is 20.7 Å². The molecule has 1 aliphatic rings. The summed E-state index contributed by atoms with van der Waals surface area (Å²) >= 11 is 2.93. The molecule has 1 aromatic carbocycles. The van der Waals surface area contributed by atoms with E-state index in [1.807, 2.05) is 0 Å². The summed E-state index contributed by atoms with van der Waals surface area (Å²) in [7, 11) is -7.08. The van der Waals surface area contributed by atoms with Crippen LogP contribution in [-0.2, 0) is 19.9 Å². The molecule has 9 heteroatoms. The molecule has 1 aliphatic heterocycles. The highest BCUT2D eigenvalue weighted by Gasteiger charge is 2.31. The Morgan fingerprint density at radius 3 is 2.58 bits per heavy atom. The number of benzene rings is 1. The largest absolute Gasteiger partial charge is 0.240 e. The molecule has 0 amide bonds. The molecule has 106 valence electrons. The highest BCUT2D eigenvalue weighted by atomic mass is 79.9.